The maximum Gasteiger partial charge on any atom is 0.150 e. The number of carbonyl (C=O) groups excluding carboxylic acids is 1. The number of phenolic OH excluding ortho intramolecular Hbond substituents is 1. The summed E-state index contributed by atoms with van der Waals surface area (Å²) in [6.07, 6.45) is 3.61. The Morgan fingerprint density at radius 1 is 1.19 bits per heavy atom. The lowest BCUT2D eigenvalue weighted by Crippen LogP contribution is -1.86. The number of fused-ring (bicyclic) bond motifs is 3. The number of aldehydes is 1. The molecule has 0 bridgehead atoms. The summed E-state index contributed by atoms with van der Waals surface area (Å²) in [6, 6.07) is 9.15. The quantitative estimate of drug-likeness (QED) is 0.553. The van der Waals surface area contributed by atoms with Crippen molar-refractivity contribution in [2.75, 3.05) is 0 Å². The summed E-state index contributed by atoms with van der Waals surface area (Å²) in [6.45, 7) is 4.08. The Morgan fingerprint density at radius 3 is 2.67 bits per heavy atom. The van der Waals surface area contributed by atoms with E-state index < -0.39 is 0 Å². The van der Waals surface area contributed by atoms with Crippen molar-refractivity contribution in [2.24, 2.45) is 0 Å². The molecule has 3 rings (SSSR count). The molecule has 0 atom stereocenters. The third kappa shape index (κ3) is 2.31. The van der Waals surface area contributed by atoms with E-state index in [2.05, 4.69) is 11.1 Å². The highest BCUT2D eigenvalue weighted by atomic mass is 16.3. The Balaban J connectivity index is 2.35. The summed E-state index contributed by atoms with van der Waals surface area (Å²) in [5, 5.41) is 12.2. The first-order valence-corrected chi connectivity index (χ1v) is 6.95. The van der Waals surface area contributed by atoms with Gasteiger partial charge in [0.25, 0.3) is 0 Å². The fourth-order valence-corrected chi connectivity index (χ4v) is 2.66. The molecule has 0 saturated heterocycles. The molecule has 3 aromatic rings. The molecule has 0 aliphatic heterocycles. The van der Waals surface area contributed by atoms with Crippen molar-refractivity contribution in [3.63, 3.8) is 0 Å². The molecule has 0 aliphatic rings. The van der Waals surface area contributed by atoms with Gasteiger partial charge in [-0.05, 0) is 50.6 Å². The SMILES string of the molecule is CC(C)=CCc1c(O)ccc2[nH]c3ccc(C=O)cc3c12. The number of hydrogen-bond donors (Lipinski definition) is 2. The van der Waals surface area contributed by atoms with E-state index >= 15 is 0 Å². The van der Waals surface area contributed by atoms with Gasteiger partial charge < -0.3 is 10.1 Å². The van der Waals surface area contributed by atoms with Gasteiger partial charge in [-0.2, -0.15) is 0 Å². The van der Waals surface area contributed by atoms with Crippen LogP contribution in [-0.4, -0.2) is 16.4 Å². The predicted octanol–water partition coefficient (Wildman–Crippen LogP) is 4.35. The van der Waals surface area contributed by atoms with Crippen molar-refractivity contribution in [3.8, 4) is 5.75 Å². The Morgan fingerprint density at radius 2 is 1.95 bits per heavy atom. The van der Waals surface area contributed by atoms with Crippen LogP contribution in [-0.2, 0) is 6.42 Å². The molecule has 0 fully saturated rings. The summed E-state index contributed by atoms with van der Waals surface area (Å²) in [5.74, 6) is 0.289. The van der Waals surface area contributed by atoms with E-state index in [0.29, 0.717) is 12.0 Å². The van der Waals surface area contributed by atoms with E-state index in [0.717, 1.165) is 33.7 Å². The fraction of sp³-hybridized carbons (Fsp3) is 0.167. The Bertz CT molecular complexity index is 868. The topological polar surface area (TPSA) is 53.1 Å². The third-order valence-corrected chi connectivity index (χ3v) is 3.72. The van der Waals surface area contributed by atoms with Gasteiger partial charge in [-0.1, -0.05) is 11.6 Å². The lowest BCUT2D eigenvalue weighted by molar-refractivity contribution is 0.112. The van der Waals surface area contributed by atoms with Crippen LogP contribution in [0.3, 0.4) is 0 Å². The number of carbonyl (C=O) groups is 1. The minimum absolute atomic E-state index is 0.289. The van der Waals surface area contributed by atoms with Gasteiger partial charge in [0.2, 0.25) is 0 Å². The zero-order chi connectivity index (χ0) is 15.0. The molecule has 106 valence electrons. The number of aromatic amines is 1. The van der Waals surface area contributed by atoms with Crippen molar-refractivity contribution < 1.29 is 9.90 Å². The number of hydrogen-bond acceptors (Lipinski definition) is 2. The third-order valence-electron chi connectivity index (χ3n) is 3.72. The number of aromatic nitrogens is 1. The van der Waals surface area contributed by atoms with Crippen molar-refractivity contribution in [1.82, 2.24) is 4.98 Å². The van der Waals surface area contributed by atoms with E-state index in [9.17, 15) is 9.90 Å². The standard InChI is InChI=1S/C18H17NO2/c1-11(2)3-5-13-17(21)8-7-16-18(13)14-9-12(10-20)4-6-15(14)19-16/h3-4,6-10,19,21H,5H2,1-2H3. The molecule has 2 N–H and O–H groups in total. The molecule has 0 radical (unpaired) electrons. The highest BCUT2D eigenvalue weighted by molar-refractivity contribution is 6.10. The highest BCUT2D eigenvalue weighted by Gasteiger charge is 2.12. The summed E-state index contributed by atoms with van der Waals surface area (Å²) in [5.41, 5.74) is 4.69. The molecule has 3 nitrogen and oxygen atoms in total. The largest absolute Gasteiger partial charge is 0.508 e. The average molecular weight is 279 g/mol. The maximum atomic E-state index is 11.0. The van der Waals surface area contributed by atoms with Crippen LogP contribution in [0.1, 0.15) is 29.8 Å². The van der Waals surface area contributed by atoms with Crippen LogP contribution in [0.2, 0.25) is 0 Å². The molecule has 21 heavy (non-hydrogen) atoms. The van der Waals surface area contributed by atoms with E-state index in [1.165, 1.54) is 5.57 Å². The van der Waals surface area contributed by atoms with Gasteiger partial charge in [-0.25, -0.2) is 0 Å². The molecule has 1 heterocycles. The van der Waals surface area contributed by atoms with E-state index in [-0.39, 0.29) is 5.75 Å². The fourth-order valence-electron chi connectivity index (χ4n) is 2.66. The molecular formula is C18H17NO2. The molecule has 1 aromatic heterocycles. The summed E-state index contributed by atoms with van der Waals surface area (Å²) in [7, 11) is 0. The number of phenols is 1. The van der Waals surface area contributed by atoms with Crippen LogP contribution in [0.4, 0.5) is 0 Å². The summed E-state index contributed by atoms with van der Waals surface area (Å²) >= 11 is 0. The molecule has 0 aliphatic carbocycles. The van der Waals surface area contributed by atoms with Crippen LogP contribution in [0.5, 0.6) is 5.75 Å². The lowest BCUT2D eigenvalue weighted by Gasteiger charge is -2.05. The number of benzene rings is 2. The predicted molar refractivity (Wildman–Crippen MR) is 86.0 cm³/mol. The van der Waals surface area contributed by atoms with Gasteiger partial charge in [-0.3, -0.25) is 4.79 Å². The molecule has 3 heteroatoms. The maximum absolute atomic E-state index is 11.0. The molecule has 0 unspecified atom stereocenters. The number of allylic oxidation sites excluding steroid dienone is 2. The summed E-state index contributed by atoms with van der Waals surface area (Å²) < 4.78 is 0. The van der Waals surface area contributed by atoms with Gasteiger partial charge in [0.1, 0.15) is 12.0 Å². The Labute approximate surface area is 122 Å². The monoisotopic (exact) mass is 279 g/mol. The van der Waals surface area contributed by atoms with Gasteiger partial charge in [0.15, 0.2) is 0 Å². The first-order valence-electron chi connectivity index (χ1n) is 6.95. The second-order valence-electron chi connectivity index (χ2n) is 5.52. The Kier molecular flexibility index (Phi) is 3.26. The van der Waals surface area contributed by atoms with Crippen molar-refractivity contribution in [1.29, 1.82) is 0 Å². The van der Waals surface area contributed by atoms with Gasteiger partial charge in [0.05, 0.1) is 0 Å². The van der Waals surface area contributed by atoms with Crippen LogP contribution < -0.4 is 0 Å². The van der Waals surface area contributed by atoms with Crippen molar-refractivity contribution in [3.05, 3.63) is 53.1 Å². The van der Waals surface area contributed by atoms with Crippen molar-refractivity contribution >= 4 is 28.1 Å². The first kappa shape index (κ1) is 13.4. The zero-order valence-electron chi connectivity index (χ0n) is 12.1. The van der Waals surface area contributed by atoms with Crippen molar-refractivity contribution in [2.45, 2.75) is 20.3 Å². The lowest BCUT2D eigenvalue weighted by atomic mass is 10.0. The first-order chi connectivity index (χ1) is 10.1. The molecule has 0 saturated carbocycles. The average Bonchev–Trinajstić information content (AvgIpc) is 2.83. The minimum Gasteiger partial charge on any atom is -0.508 e. The van der Waals surface area contributed by atoms with Gasteiger partial charge in [-0.15, -0.1) is 0 Å². The molecule has 2 aromatic carbocycles. The second kappa shape index (κ2) is 5.09. The zero-order valence-corrected chi connectivity index (χ0v) is 12.1. The summed E-state index contributed by atoms with van der Waals surface area (Å²) in [4.78, 5) is 14.3. The van der Waals surface area contributed by atoms with Gasteiger partial charge in [0, 0.05) is 32.9 Å². The normalized spacial score (nSPS) is 11.0. The van der Waals surface area contributed by atoms with Crippen LogP contribution in [0.25, 0.3) is 21.8 Å². The van der Waals surface area contributed by atoms with Gasteiger partial charge >= 0.3 is 0 Å². The smallest absolute Gasteiger partial charge is 0.150 e. The van der Waals surface area contributed by atoms with E-state index in [1.807, 2.05) is 32.0 Å². The molecule has 0 amide bonds. The Hall–Kier alpha value is -2.55. The molecular weight excluding hydrogens is 262 g/mol. The molecule has 0 spiro atoms. The van der Waals surface area contributed by atoms with E-state index in [4.69, 9.17) is 0 Å². The number of nitrogens with one attached hydrogen (secondary N) is 1. The number of rotatable bonds is 3. The van der Waals surface area contributed by atoms with Crippen LogP contribution >= 0.6 is 0 Å². The van der Waals surface area contributed by atoms with Crippen LogP contribution in [0.15, 0.2) is 42.0 Å². The number of H-pyrrole nitrogens is 1. The second-order valence-corrected chi connectivity index (χ2v) is 5.52. The van der Waals surface area contributed by atoms with E-state index in [1.54, 1.807) is 12.1 Å². The minimum atomic E-state index is 0.289. The number of aromatic hydroxyl groups is 1. The van der Waals surface area contributed by atoms with Crippen LogP contribution in [0, 0.1) is 0 Å². The highest BCUT2D eigenvalue weighted by Crippen LogP contribution is 2.34.